The summed E-state index contributed by atoms with van der Waals surface area (Å²) in [5.74, 6) is -1.64. The molecule has 2 fully saturated rings. The lowest BCUT2D eigenvalue weighted by atomic mass is 9.93. The second-order valence-electron chi connectivity index (χ2n) is 20.6. The highest BCUT2D eigenvalue weighted by atomic mass is 35.5. The number of anilines is 1. The van der Waals surface area contributed by atoms with E-state index in [0.29, 0.717) is 34.0 Å². The molecule has 7 aromatic rings. The Bertz CT molecular complexity index is 3480. The molecule has 3 aliphatic rings. The third-order valence-corrected chi connectivity index (χ3v) is 20.1. The van der Waals surface area contributed by atoms with Gasteiger partial charge in [-0.2, -0.15) is 19.0 Å². The number of aryl methyl sites for hydroxylation is 1. The van der Waals surface area contributed by atoms with Crippen LogP contribution >= 0.6 is 11.6 Å². The monoisotopic (exact) mass is 1070 g/mol. The standard InChI is InChI=1S/C54H50ClF6N7O4SSi/c1-52(2,3)74(35-12-8-6-9-13-35,36-14-10-7-11-15-36)72-30-53(22-23-53)21-20-34-16-17-37(38-18-19-41(55)45-48(38)67(4)65-51(45)66-73(5,70)71)46(62-34)42(26-31-24-32(56)27-33(57)25-31)63-43(69)29-68-49-44(47(64-68)50(58)59)39-28-40(39)54(49,60)61/h6-19,24-25,27,39-40,42,50H,22-23,26,28-30H2,1-5H3,(H,63,69)(H,65,66)/t39-,40+,42-/m0/s1. The molecule has 2 N–H and O–H groups in total. The molecule has 0 aliphatic heterocycles. The maximum absolute atomic E-state index is 15.7. The largest absolute Gasteiger partial charge is 0.406 e. The maximum Gasteiger partial charge on any atom is 0.293 e. The molecule has 0 radical (unpaired) electrons. The van der Waals surface area contributed by atoms with Gasteiger partial charge in [0.05, 0.1) is 45.9 Å². The Morgan fingerprint density at radius 1 is 0.919 bits per heavy atom. The lowest BCUT2D eigenvalue weighted by molar-refractivity contribution is -0.123. The van der Waals surface area contributed by atoms with E-state index in [2.05, 4.69) is 77.1 Å². The zero-order valence-electron chi connectivity index (χ0n) is 40.8. The van der Waals surface area contributed by atoms with Crippen molar-refractivity contribution < 1.29 is 44.0 Å². The minimum atomic E-state index is -3.86. The number of hydrogen-bond acceptors (Lipinski definition) is 7. The minimum Gasteiger partial charge on any atom is -0.406 e. The molecular formula is C54H50ClF6N7O4SSi. The van der Waals surface area contributed by atoms with Gasteiger partial charge in [-0.3, -0.25) is 18.9 Å². The summed E-state index contributed by atoms with van der Waals surface area (Å²) in [6, 6.07) is 28.4. The number of benzene rings is 4. The van der Waals surface area contributed by atoms with Gasteiger partial charge in [-0.05, 0) is 88.8 Å². The van der Waals surface area contributed by atoms with Crippen molar-refractivity contribution in [3.05, 3.63) is 154 Å². The predicted octanol–water partition coefficient (Wildman–Crippen LogP) is 10.1. The van der Waals surface area contributed by atoms with Crippen molar-refractivity contribution in [3.63, 3.8) is 0 Å². The number of rotatable bonds is 15. The average molecular weight is 1070 g/mol. The van der Waals surface area contributed by atoms with Crippen LogP contribution in [0.1, 0.15) is 92.3 Å². The van der Waals surface area contributed by atoms with E-state index in [9.17, 15) is 30.8 Å². The number of alkyl halides is 4. The Morgan fingerprint density at radius 3 is 2.15 bits per heavy atom. The SMILES string of the molecule is Cn1nc(NS(C)(=O)=O)c2c(Cl)ccc(-c3ccc(C#CC4(CO[Si](c5ccccc5)(c5ccccc5)C(C)(C)C)CC4)nc3[C@H](Cc3cc(F)cc(F)c3)NC(=O)Cn3nc(C(F)F)c4c3C(F)(F)[C@@H]3C[C@H]43)c21. The molecule has 0 saturated heterocycles. The highest BCUT2D eigenvalue weighted by Crippen LogP contribution is 2.68. The molecule has 10 rings (SSSR count). The number of aromatic nitrogens is 5. The van der Waals surface area contributed by atoms with Crippen molar-refractivity contribution >= 4 is 62.9 Å². The van der Waals surface area contributed by atoms with Gasteiger partial charge in [0.25, 0.3) is 20.7 Å². The lowest BCUT2D eigenvalue weighted by Crippen LogP contribution is -2.67. The third-order valence-electron chi connectivity index (χ3n) is 14.2. The second-order valence-corrected chi connectivity index (χ2v) is 27.0. The number of pyridine rings is 1. The van der Waals surface area contributed by atoms with E-state index in [0.717, 1.165) is 41.6 Å². The fourth-order valence-corrected chi connectivity index (χ4v) is 16.1. The normalized spacial score (nSPS) is 17.9. The average Bonchev–Trinajstić information content (AvgIpc) is 4.22. The van der Waals surface area contributed by atoms with Gasteiger partial charge >= 0.3 is 0 Å². The summed E-state index contributed by atoms with van der Waals surface area (Å²) < 4.78 is 127. The molecule has 0 spiro atoms. The van der Waals surface area contributed by atoms with Gasteiger partial charge in [0.2, 0.25) is 15.9 Å². The number of fused-ring (bicyclic) bond motifs is 4. The quantitative estimate of drug-likeness (QED) is 0.0594. The number of hydrogen-bond donors (Lipinski definition) is 2. The molecule has 2 saturated carbocycles. The van der Waals surface area contributed by atoms with Gasteiger partial charge in [-0.15, -0.1) is 0 Å². The van der Waals surface area contributed by atoms with Crippen LogP contribution in [-0.4, -0.2) is 60.0 Å². The zero-order chi connectivity index (χ0) is 52.7. The predicted molar refractivity (Wildman–Crippen MR) is 272 cm³/mol. The molecule has 74 heavy (non-hydrogen) atoms. The minimum absolute atomic E-state index is 0.0208. The van der Waals surface area contributed by atoms with Crippen LogP contribution in [0, 0.1) is 34.8 Å². The first-order valence-electron chi connectivity index (χ1n) is 23.9. The van der Waals surface area contributed by atoms with Crippen LogP contribution < -0.4 is 20.4 Å². The van der Waals surface area contributed by atoms with Crippen molar-refractivity contribution in [1.29, 1.82) is 0 Å². The summed E-state index contributed by atoms with van der Waals surface area (Å²) in [5.41, 5.74) is -0.937. The van der Waals surface area contributed by atoms with Gasteiger partial charge in [-0.1, -0.05) is 105 Å². The fourth-order valence-electron chi connectivity index (χ4n) is 10.7. The Hall–Kier alpha value is -6.46. The number of nitrogens with one attached hydrogen (secondary N) is 2. The summed E-state index contributed by atoms with van der Waals surface area (Å²) >= 11 is 6.74. The summed E-state index contributed by atoms with van der Waals surface area (Å²) in [7, 11) is -5.26. The molecule has 4 aromatic carbocycles. The molecule has 3 aromatic heterocycles. The Morgan fingerprint density at radius 2 is 1.55 bits per heavy atom. The van der Waals surface area contributed by atoms with E-state index in [1.54, 1.807) is 25.2 Å². The van der Waals surface area contributed by atoms with E-state index in [-0.39, 0.29) is 56.6 Å². The van der Waals surface area contributed by atoms with Crippen LogP contribution in [-0.2, 0) is 45.2 Å². The third kappa shape index (κ3) is 9.50. The van der Waals surface area contributed by atoms with Gasteiger partial charge < -0.3 is 9.74 Å². The van der Waals surface area contributed by atoms with E-state index in [1.807, 2.05) is 36.4 Å². The summed E-state index contributed by atoms with van der Waals surface area (Å²) in [6.07, 6.45) is -1.07. The molecular weight excluding hydrogens is 1020 g/mol. The topological polar surface area (TPSA) is 133 Å². The van der Waals surface area contributed by atoms with Crippen molar-refractivity contribution in [2.24, 2.45) is 18.4 Å². The van der Waals surface area contributed by atoms with Crippen LogP contribution in [0.4, 0.5) is 32.2 Å². The van der Waals surface area contributed by atoms with Crippen molar-refractivity contribution in [1.82, 2.24) is 29.9 Å². The molecule has 0 unspecified atom stereocenters. The molecule has 3 atom stereocenters. The first kappa shape index (κ1) is 51.0. The van der Waals surface area contributed by atoms with Crippen LogP contribution in [0.15, 0.2) is 103 Å². The van der Waals surface area contributed by atoms with Crippen LogP contribution in [0.25, 0.3) is 22.0 Å². The van der Waals surface area contributed by atoms with Gasteiger partial charge in [0, 0.05) is 35.7 Å². The van der Waals surface area contributed by atoms with Crippen LogP contribution in [0.3, 0.4) is 0 Å². The number of halogens is 7. The number of carbonyl (C=O) groups is 1. The zero-order valence-corrected chi connectivity index (χ0v) is 43.4. The molecule has 11 nitrogen and oxygen atoms in total. The van der Waals surface area contributed by atoms with Gasteiger partial charge in [0.1, 0.15) is 35.3 Å². The van der Waals surface area contributed by atoms with E-state index < -0.39 is 89.5 Å². The summed E-state index contributed by atoms with van der Waals surface area (Å²) in [6.45, 7) is 5.96. The van der Waals surface area contributed by atoms with Gasteiger partial charge in [0.15, 0.2) is 5.82 Å². The van der Waals surface area contributed by atoms with Gasteiger partial charge in [-0.25, -0.2) is 31.0 Å². The lowest BCUT2D eigenvalue weighted by Gasteiger charge is -2.43. The summed E-state index contributed by atoms with van der Waals surface area (Å²) in [5, 5.41) is 13.3. The first-order chi connectivity index (χ1) is 35.0. The molecule has 1 amide bonds. The van der Waals surface area contributed by atoms with Crippen molar-refractivity contribution in [2.45, 2.75) is 82.3 Å². The number of carbonyl (C=O) groups excluding carboxylic acids is 1. The van der Waals surface area contributed by atoms with E-state index in [1.165, 1.54) is 10.7 Å². The Balaban J connectivity index is 1.09. The molecule has 384 valence electrons. The molecule has 0 bridgehead atoms. The molecule has 20 heteroatoms. The Labute approximate surface area is 429 Å². The van der Waals surface area contributed by atoms with E-state index >= 15 is 8.78 Å². The maximum atomic E-state index is 15.7. The number of amides is 1. The highest BCUT2D eigenvalue weighted by molar-refractivity contribution is 7.92. The second kappa shape index (κ2) is 18.7. The van der Waals surface area contributed by atoms with E-state index in [4.69, 9.17) is 21.0 Å². The summed E-state index contributed by atoms with van der Waals surface area (Å²) in [4.78, 5) is 19.4. The Kier molecular flexibility index (Phi) is 12.9. The smallest absolute Gasteiger partial charge is 0.293 e. The van der Waals surface area contributed by atoms with Crippen molar-refractivity contribution in [3.8, 4) is 23.0 Å². The van der Waals surface area contributed by atoms with Crippen molar-refractivity contribution in [2.75, 3.05) is 17.6 Å². The number of sulfonamides is 1. The fraction of sp³-hybridized carbons (Fsp3) is 0.333. The highest BCUT2D eigenvalue weighted by Gasteiger charge is 2.67. The van der Waals surface area contributed by atoms with Crippen LogP contribution in [0.5, 0.6) is 0 Å². The number of nitrogens with zero attached hydrogens (tertiary/aromatic N) is 5. The molecule has 3 aliphatic carbocycles. The first-order valence-corrected chi connectivity index (χ1v) is 28.1. The molecule has 3 heterocycles. The van der Waals surface area contributed by atoms with Crippen LogP contribution in [0.2, 0.25) is 10.1 Å².